The van der Waals surface area contributed by atoms with E-state index >= 15 is 0 Å². The van der Waals surface area contributed by atoms with Crippen molar-refractivity contribution in [2.24, 2.45) is 5.92 Å². The molecular formula is C17H28N2O. The van der Waals surface area contributed by atoms with E-state index in [9.17, 15) is 0 Å². The van der Waals surface area contributed by atoms with E-state index in [1.54, 1.807) is 0 Å². The SMILES string of the molecule is CC(C)c1cc(CNC2CC2)cc(OC(C)C(C)C)n1. The van der Waals surface area contributed by atoms with Crippen LogP contribution in [0, 0.1) is 5.92 Å². The number of nitrogens with zero attached hydrogens (tertiary/aromatic N) is 1. The molecule has 0 spiro atoms. The molecular weight excluding hydrogens is 248 g/mol. The molecule has 0 amide bonds. The molecule has 0 saturated heterocycles. The maximum atomic E-state index is 5.99. The van der Waals surface area contributed by atoms with Gasteiger partial charge in [-0.05, 0) is 43.2 Å². The van der Waals surface area contributed by atoms with Crippen molar-refractivity contribution >= 4 is 0 Å². The van der Waals surface area contributed by atoms with Crippen LogP contribution in [-0.4, -0.2) is 17.1 Å². The molecule has 0 aromatic carbocycles. The maximum Gasteiger partial charge on any atom is 0.214 e. The molecule has 1 saturated carbocycles. The summed E-state index contributed by atoms with van der Waals surface area (Å²) in [5, 5.41) is 3.56. The number of hydrogen-bond acceptors (Lipinski definition) is 3. The minimum atomic E-state index is 0.189. The molecule has 20 heavy (non-hydrogen) atoms. The molecule has 1 unspecified atom stereocenters. The molecule has 0 aliphatic heterocycles. The highest BCUT2D eigenvalue weighted by Gasteiger charge is 2.20. The normalized spacial score (nSPS) is 16.8. The van der Waals surface area contributed by atoms with Gasteiger partial charge in [0.1, 0.15) is 0 Å². The van der Waals surface area contributed by atoms with Crippen molar-refractivity contribution < 1.29 is 4.74 Å². The average Bonchev–Trinajstić information content (AvgIpc) is 3.19. The molecule has 1 heterocycles. The lowest BCUT2D eigenvalue weighted by Crippen LogP contribution is -2.20. The van der Waals surface area contributed by atoms with Crippen LogP contribution in [0.5, 0.6) is 5.88 Å². The molecule has 0 radical (unpaired) electrons. The third-order valence-electron chi connectivity index (χ3n) is 3.89. The van der Waals surface area contributed by atoms with Gasteiger partial charge in [-0.2, -0.15) is 0 Å². The van der Waals surface area contributed by atoms with E-state index in [0.717, 1.165) is 24.2 Å². The molecule has 3 nitrogen and oxygen atoms in total. The van der Waals surface area contributed by atoms with Crippen LogP contribution in [0.4, 0.5) is 0 Å². The van der Waals surface area contributed by atoms with Gasteiger partial charge in [0.15, 0.2) is 0 Å². The predicted molar refractivity (Wildman–Crippen MR) is 83.1 cm³/mol. The van der Waals surface area contributed by atoms with Crippen molar-refractivity contribution in [1.29, 1.82) is 0 Å². The fourth-order valence-electron chi connectivity index (χ4n) is 1.92. The Hall–Kier alpha value is -1.09. The van der Waals surface area contributed by atoms with E-state index in [1.165, 1.54) is 18.4 Å². The largest absolute Gasteiger partial charge is 0.474 e. The summed E-state index contributed by atoms with van der Waals surface area (Å²) in [6.07, 6.45) is 2.82. The minimum Gasteiger partial charge on any atom is -0.474 e. The number of ether oxygens (including phenoxy) is 1. The smallest absolute Gasteiger partial charge is 0.214 e. The molecule has 1 atom stereocenters. The van der Waals surface area contributed by atoms with Gasteiger partial charge in [0.05, 0.1) is 6.10 Å². The number of aromatic nitrogens is 1. The summed E-state index contributed by atoms with van der Waals surface area (Å²) in [4.78, 5) is 4.65. The van der Waals surface area contributed by atoms with Crippen molar-refractivity contribution in [3.05, 3.63) is 23.4 Å². The van der Waals surface area contributed by atoms with E-state index in [2.05, 4.69) is 57.1 Å². The van der Waals surface area contributed by atoms with Gasteiger partial charge in [0.2, 0.25) is 5.88 Å². The van der Waals surface area contributed by atoms with Crippen molar-refractivity contribution in [3.8, 4) is 5.88 Å². The monoisotopic (exact) mass is 276 g/mol. The first-order valence-electron chi connectivity index (χ1n) is 7.86. The lowest BCUT2D eigenvalue weighted by Gasteiger charge is -2.19. The van der Waals surface area contributed by atoms with E-state index < -0.39 is 0 Å². The van der Waals surface area contributed by atoms with Gasteiger partial charge in [-0.25, -0.2) is 4.98 Å². The van der Waals surface area contributed by atoms with Crippen molar-refractivity contribution in [3.63, 3.8) is 0 Å². The highest BCUT2D eigenvalue weighted by molar-refractivity contribution is 5.27. The second kappa shape index (κ2) is 6.57. The Kier molecular flexibility index (Phi) is 5.03. The summed E-state index contributed by atoms with van der Waals surface area (Å²) < 4.78 is 5.99. The number of pyridine rings is 1. The van der Waals surface area contributed by atoms with E-state index in [0.29, 0.717) is 11.8 Å². The minimum absolute atomic E-state index is 0.189. The Morgan fingerprint density at radius 2 is 1.90 bits per heavy atom. The van der Waals surface area contributed by atoms with Crippen LogP contribution in [0.25, 0.3) is 0 Å². The van der Waals surface area contributed by atoms with Gasteiger partial charge >= 0.3 is 0 Å². The maximum absolute atomic E-state index is 5.99. The predicted octanol–water partition coefficient (Wildman–Crippen LogP) is 3.88. The third-order valence-corrected chi connectivity index (χ3v) is 3.89. The molecule has 1 N–H and O–H groups in total. The lowest BCUT2D eigenvalue weighted by atomic mass is 10.1. The molecule has 3 heteroatoms. The highest BCUT2D eigenvalue weighted by atomic mass is 16.5. The summed E-state index contributed by atoms with van der Waals surface area (Å²) in [5.41, 5.74) is 2.40. The topological polar surface area (TPSA) is 34.1 Å². The Balaban J connectivity index is 2.11. The number of nitrogens with one attached hydrogen (secondary N) is 1. The Bertz CT molecular complexity index is 439. The van der Waals surface area contributed by atoms with E-state index in [4.69, 9.17) is 4.74 Å². The van der Waals surface area contributed by atoms with Crippen molar-refractivity contribution in [2.75, 3.05) is 0 Å². The molecule has 1 aromatic heterocycles. The second-order valence-electron chi connectivity index (χ2n) is 6.62. The Morgan fingerprint density at radius 1 is 1.20 bits per heavy atom. The zero-order valence-corrected chi connectivity index (χ0v) is 13.4. The third kappa shape index (κ3) is 4.48. The Morgan fingerprint density at radius 3 is 2.45 bits per heavy atom. The lowest BCUT2D eigenvalue weighted by molar-refractivity contribution is 0.162. The average molecular weight is 276 g/mol. The summed E-state index contributed by atoms with van der Waals surface area (Å²) in [6, 6.07) is 5.01. The first kappa shape index (κ1) is 15.3. The van der Waals surface area contributed by atoms with Crippen molar-refractivity contribution in [1.82, 2.24) is 10.3 Å². The van der Waals surface area contributed by atoms with Crippen LogP contribution in [0.1, 0.15) is 64.6 Å². The van der Waals surface area contributed by atoms with E-state index in [-0.39, 0.29) is 6.10 Å². The fraction of sp³-hybridized carbons (Fsp3) is 0.706. The van der Waals surface area contributed by atoms with Gasteiger partial charge < -0.3 is 10.1 Å². The van der Waals surface area contributed by atoms with E-state index in [1.807, 2.05) is 0 Å². The second-order valence-corrected chi connectivity index (χ2v) is 6.62. The van der Waals surface area contributed by atoms with Crippen LogP contribution in [0.2, 0.25) is 0 Å². The molecule has 1 aliphatic rings. The summed E-state index contributed by atoms with van der Waals surface area (Å²) in [5.74, 6) is 1.69. The van der Waals surface area contributed by atoms with Crippen LogP contribution in [0.3, 0.4) is 0 Å². The van der Waals surface area contributed by atoms with Gasteiger partial charge in [0.25, 0.3) is 0 Å². The first-order chi connectivity index (χ1) is 9.45. The first-order valence-corrected chi connectivity index (χ1v) is 7.86. The zero-order valence-electron chi connectivity index (χ0n) is 13.4. The standard InChI is InChI=1S/C17H28N2O/c1-11(2)13(5)20-17-9-14(10-18-15-6-7-15)8-16(19-17)12(3)4/h8-9,11-13,15,18H,6-7,10H2,1-5H3. The van der Waals surface area contributed by atoms with Gasteiger partial charge in [0, 0.05) is 24.3 Å². The molecule has 112 valence electrons. The highest BCUT2D eigenvalue weighted by Crippen LogP contribution is 2.23. The van der Waals surface area contributed by atoms with Crippen LogP contribution in [-0.2, 0) is 6.54 Å². The number of rotatable bonds is 7. The van der Waals surface area contributed by atoms with Gasteiger partial charge in [-0.3, -0.25) is 0 Å². The number of hydrogen-bond donors (Lipinski definition) is 1. The molecule has 1 aromatic rings. The van der Waals surface area contributed by atoms with Gasteiger partial charge in [-0.15, -0.1) is 0 Å². The Labute approximate surface area is 123 Å². The quantitative estimate of drug-likeness (QED) is 0.820. The summed E-state index contributed by atoms with van der Waals surface area (Å²) in [6.45, 7) is 11.7. The van der Waals surface area contributed by atoms with Gasteiger partial charge in [-0.1, -0.05) is 27.7 Å². The zero-order chi connectivity index (χ0) is 14.7. The molecule has 2 rings (SSSR count). The molecule has 1 fully saturated rings. The van der Waals surface area contributed by atoms with Crippen molar-refractivity contribution in [2.45, 2.75) is 72.1 Å². The summed E-state index contributed by atoms with van der Waals surface area (Å²) in [7, 11) is 0. The molecule has 1 aliphatic carbocycles. The summed E-state index contributed by atoms with van der Waals surface area (Å²) >= 11 is 0. The molecule has 0 bridgehead atoms. The van der Waals surface area contributed by atoms with Crippen LogP contribution in [0.15, 0.2) is 12.1 Å². The van der Waals surface area contributed by atoms with Crippen LogP contribution >= 0.6 is 0 Å². The fourth-order valence-corrected chi connectivity index (χ4v) is 1.92. The van der Waals surface area contributed by atoms with Crippen LogP contribution < -0.4 is 10.1 Å².